The number of piperidine rings is 6. The molecule has 0 aromatic rings. The second kappa shape index (κ2) is 28.9. The maximum atomic E-state index is 14.2. The molecule has 4 unspecified atom stereocenters. The van der Waals surface area contributed by atoms with Crippen molar-refractivity contribution in [3.05, 3.63) is 0 Å². The monoisotopic (exact) mass is 1150 g/mol. The molecule has 4 atom stereocenters. The van der Waals surface area contributed by atoms with Gasteiger partial charge >= 0.3 is 29.8 Å². The van der Waals surface area contributed by atoms with Gasteiger partial charge in [-0.2, -0.15) is 0 Å². The van der Waals surface area contributed by atoms with Crippen LogP contribution in [0.1, 0.15) is 199 Å². The van der Waals surface area contributed by atoms with E-state index in [4.69, 9.17) is 28.4 Å². The summed E-state index contributed by atoms with van der Waals surface area (Å²) in [5.74, 6) is -3.19. The SMILES string of the molecule is CC(C)(OC(=O)CCC(CCC(=O)OC(C)(C)C1CCNCC1)C(O)OC(C)(C)C1CCN(C2CC(C(C)(C)OC(=O)CC(O)(CC(=O)OC(C)(C)C3CCNCC3)C(=O)OC(C)(C)C3CCNCC3)CCN2)CC1)C1CCNCC1. The summed E-state index contributed by atoms with van der Waals surface area (Å²) in [4.78, 5) is 71.4. The molecule has 0 bridgehead atoms. The quantitative estimate of drug-likeness (QED) is 0.0280. The van der Waals surface area contributed by atoms with E-state index in [9.17, 15) is 34.2 Å². The summed E-state index contributed by atoms with van der Waals surface area (Å²) in [7, 11) is 0. The van der Waals surface area contributed by atoms with Gasteiger partial charge in [0.1, 0.15) is 28.0 Å². The number of nitrogens with one attached hydrogen (secondary N) is 5. The first kappa shape index (κ1) is 67.1. The van der Waals surface area contributed by atoms with Crippen LogP contribution in [0, 0.1) is 41.4 Å². The summed E-state index contributed by atoms with van der Waals surface area (Å²) in [6, 6.07) is 0. The Morgan fingerprint density at radius 3 is 1.15 bits per heavy atom. The van der Waals surface area contributed by atoms with Crippen LogP contribution >= 0.6 is 0 Å². The number of aliphatic hydroxyl groups excluding tert-OH is 1. The molecule has 0 aromatic heterocycles. The van der Waals surface area contributed by atoms with Gasteiger partial charge in [0.15, 0.2) is 11.9 Å². The van der Waals surface area contributed by atoms with E-state index < -0.39 is 82.2 Å². The van der Waals surface area contributed by atoms with Gasteiger partial charge in [-0.3, -0.25) is 24.1 Å². The fourth-order valence-electron chi connectivity index (χ4n) is 14.1. The minimum absolute atomic E-state index is 0.0112. The Bertz CT molecular complexity index is 1990. The third-order valence-electron chi connectivity index (χ3n) is 20.0. The molecular weight excluding hydrogens is 1040 g/mol. The Balaban J connectivity index is 1.04. The largest absolute Gasteiger partial charge is 0.459 e. The number of rotatable bonds is 26. The molecule has 466 valence electrons. The Kier molecular flexibility index (Phi) is 24.0. The van der Waals surface area contributed by atoms with Crippen LogP contribution < -0.4 is 26.6 Å². The average Bonchev–Trinajstić information content (AvgIpc) is 3.55. The Hall–Kier alpha value is -3.01. The Morgan fingerprint density at radius 1 is 0.444 bits per heavy atom. The number of carbonyl (C=O) groups excluding carboxylic acids is 5. The highest BCUT2D eigenvalue weighted by molar-refractivity contribution is 5.90. The van der Waals surface area contributed by atoms with E-state index in [2.05, 4.69) is 31.5 Å². The first-order valence-electron chi connectivity index (χ1n) is 31.4. The van der Waals surface area contributed by atoms with Gasteiger partial charge in [0.25, 0.3) is 0 Å². The highest BCUT2D eigenvalue weighted by Crippen LogP contribution is 2.40. The zero-order chi connectivity index (χ0) is 59.4. The molecule has 6 aliphatic rings. The molecular formula is C62H110N6O13. The van der Waals surface area contributed by atoms with Gasteiger partial charge in [0.2, 0.25) is 0 Å². The summed E-state index contributed by atoms with van der Waals surface area (Å²) in [5, 5.41) is 41.3. The first-order chi connectivity index (χ1) is 37.9. The third-order valence-corrected chi connectivity index (χ3v) is 20.0. The van der Waals surface area contributed by atoms with E-state index >= 15 is 0 Å². The van der Waals surface area contributed by atoms with E-state index in [1.807, 2.05) is 83.1 Å². The number of hydrogen-bond acceptors (Lipinski definition) is 19. The Labute approximate surface area is 486 Å². The van der Waals surface area contributed by atoms with E-state index in [0.717, 1.165) is 136 Å². The zero-order valence-corrected chi connectivity index (χ0v) is 52.0. The zero-order valence-electron chi connectivity index (χ0n) is 52.0. The van der Waals surface area contributed by atoms with Gasteiger partial charge in [-0.15, -0.1) is 0 Å². The molecule has 81 heavy (non-hydrogen) atoms. The minimum Gasteiger partial charge on any atom is -0.459 e. The average molecular weight is 1150 g/mol. The highest BCUT2D eigenvalue weighted by atomic mass is 16.6. The summed E-state index contributed by atoms with van der Waals surface area (Å²) in [5.41, 5.74) is -7.32. The molecule has 0 saturated carbocycles. The van der Waals surface area contributed by atoms with Gasteiger partial charge < -0.3 is 65.2 Å². The van der Waals surface area contributed by atoms with Gasteiger partial charge in [0.05, 0.1) is 24.6 Å². The standard InChI is InChI=1S/C62H110N6O13/c1-56(2,43-17-28-63-29-18-43)76-50(69)15-13-42(14-16-51(70)77-57(3,4)44-19-30-64-31-20-44)54(73)80-59(7,8)47-26-37-68(38-27-47)49-39-48(25-36-67-49)61(11,12)79-53(72)41-62(75,55(74)81-60(9,10)46-23-34-66-35-24-46)40-52(71)78-58(5,6)45-21-32-65-33-22-45/h42-49,54,63-67,73,75H,13-41H2,1-12H3. The third kappa shape index (κ3) is 19.5. The molecule has 0 amide bonds. The fraction of sp³-hybridized carbons (Fsp3) is 0.919. The number of likely N-dealkylation sites (tertiary alicyclic amines) is 1. The highest BCUT2D eigenvalue weighted by Gasteiger charge is 2.50. The number of aliphatic hydroxyl groups is 2. The topological polar surface area (TPSA) is 245 Å². The molecule has 19 nitrogen and oxygen atoms in total. The van der Waals surface area contributed by atoms with Crippen molar-refractivity contribution in [1.29, 1.82) is 0 Å². The van der Waals surface area contributed by atoms with Crippen molar-refractivity contribution in [2.45, 2.75) is 250 Å². The maximum absolute atomic E-state index is 14.2. The predicted molar refractivity (Wildman–Crippen MR) is 309 cm³/mol. The lowest BCUT2D eigenvalue weighted by Crippen LogP contribution is -2.57. The van der Waals surface area contributed by atoms with Gasteiger partial charge in [-0.1, -0.05) is 0 Å². The number of ether oxygens (including phenoxy) is 6. The molecule has 6 aliphatic heterocycles. The maximum Gasteiger partial charge on any atom is 0.339 e. The van der Waals surface area contributed by atoms with Crippen molar-refractivity contribution in [2.75, 3.05) is 72.0 Å². The van der Waals surface area contributed by atoms with E-state index in [1.54, 1.807) is 0 Å². The molecule has 6 rings (SSSR count). The smallest absolute Gasteiger partial charge is 0.339 e. The van der Waals surface area contributed by atoms with Crippen LogP contribution in [0.4, 0.5) is 0 Å². The van der Waals surface area contributed by atoms with Gasteiger partial charge in [-0.25, -0.2) is 4.79 Å². The van der Waals surface area contributed by atoms with Gasteiger partial charge in [0, 0.05) is 48.3 Å². The van der Waals surface area contributed by atoms with Gasteiger partial charge in [-0.05, 0) is 251 Å². The number of nitrogens with zero attached hydrogens (tertiary/aromatic N) is 1. The van der Waals surface area contributed by atoms with Crippen LogP contribution in [0.2, 0.25) is 0 Å². The summed E-state index contributed by atoms with van der Waals surface area (Å²) < 4.78 is 37.1. The summed E-state index contributed by atoms with van der Waals surface area (Å²) in [6.07, 6.45) is 7.84. The lowest BCUT2D eigenvalue weighted by molar-refractivity contribution is -0.221. The van der Waals surface area contributed by atoms with E-state index in [0.29, 0.717) is 13.0 Å². The second-order valence-electron chi connectivity index (χ2n) is 28.2. The van der Waals surface area contributed by atoms with Crippen molar-refractivity contribution in [3.8, 4) is 0 Å². The lowest BCUT2D eigenvalue weighted by atomic mass is 9.80. The molecule has 6 heterocycles. The molecule has 0 radical (unpaired) electrons. The van der Waals surface area contributed by atoms with Crippen LogP contribution in [-0.2, 0) is 52.4 Å². The van der Waals surface area contributed by atoms with Crippen LogP contribution in [0.5, 0.6) is 0 Å². The molecule has 6 fully saturated rings. The minimum atomic E-state index is -2.52. The van der Waals surface area contributed by atoms with Crippen molar-refractivity contribution >= 4 is 29.8 Å². The second-order valence-corrected chi connectivity index (χ2v) is 28.2. The van der Waals surface area contributed by atoms with Crippen LogP contribution in [0.15, 0.2) is 0 Å². The molecule has 0 spiro atoms. The Morgan fingerprint density at radius 2 is 0.765 bits per heavy atom. The molecule has 6 saturated heterocycles. The summed E-state index contributed by atoms with van der Waals surface area (Å²) >= 11 is 0. The van der Waals surface area contributed by atoms with Crippen molar-refractivity contribution < 1.29 is 62.6 Å². The van der Waals surface area contributed by atoms with Crippen LogP contribution in [0.3, 0.4) is 0 Å². The number of esters is 5. The number of hydrogen-bond donors (Lipinski definition) is 7. The normalized spacial score (nSPS) is 24.0. The molecule has 19 heteroatoms. The number of carbonyl (C=O) groups is 5. The first-order valence-corrected chi connectivity index (χ1v) is 31.4. The lowest BCUT2D eigenvalue weighted by Gasteiger charge is -2.47. The van der Waals surface area contributed by atoms with Crippen molar-refractivity contribution in [1.82, 2.24) is 31.5 Å². The fourth-order valence-corrected chi connectivity index (χ4v) is 14.1. The molecule has 7 N–H and O–H groups in total. The summed E-state index contributed by atoms with van der Waals surface area (Å²) in [6.45, 7) is 31.9. The van der Waals surface area contributed by atoms with Crippen LogP contribution in [0.25, 0.3) is 0 Å². The van der Waals surface area contributed by atoms with Crippen molar-refractivity contribution in [3.63, 3.8) is 0 Å². The molecule has 0 aromatic carbocycles. The van der Waals surface area contributed by atoms with E-state index in [1.165, 1.54) is 0 Å². The van der Waals surface area contributed by atoms with Crippen molar-refractivity contribution in [2.24, 2.45) is 41.4 Å². The predicted octanol–water partition coefficient (Wildman–Crippen LogP) is 6.43. The van der Waals surface area contributed by atoms with Crippen LogP contribution in [-0.4, -0.2) is 169 Å². The van der Waals surface area contributed by atoms with E-state index in [-0.39, 0.29) is 79.3 Å². The molecule has 0 aliphatic carbocycles.